The average molecular weight is 379 g/mol. The lowest BCUT2D eigenvalue weighted by Crippen LogP contribution is -2.34. The van der Waals surface area contributed by atoms with Gasteiger partial charge in [0, 0.05) is 36.1 Å². The predicted octanol–water partition coefficient (Wildman–Crippen LogP) is 3.58. The molecule has 1 unspecified atom stereocenters. The summed E-state index contributed by atoms with van der Waals surface area (Å²) in [5.41, 5.74) is 2.78. The molecule has 6 heteroatoms. The van der Waals surface area contributed by atoms with E-state index in [-0.39, 0.29) is 11.8 Å². The Morgan fingerprint density at radius 3 is 3.07 bits per heavy atom. The second-order valence-corrected chi connectivity index (χ2v) is 7.31. The third kappa shape index (κ3) is 3.85. The third-order valence-corrected chi connectivity index (χ3v) is 5.35. The van der Waals surface area contributed by atoms with Gasteiger partial charge in [-0.25, -0.2) is 4.98 Å². The lowest BCUT2D eigenvalue weighted by Gasteiger charge is -2.25. The molecule has 5 nitrogen and oxygen atoms in total. The SMILES string of the molecule is CSc1nccn1-c1cccc(C(=O)NCC2COc3ccccc3C2)c1. The number of carbonyl (C=O) groups is 1. The number of rotatable bonds is 5. The number of nitrogens with one attached hydrogen (secondary N) is 1. The van der Waals surface area contributed by atoms with Gasteiger partial charge >= 0.3 is 0 Å². The van der Waals surface area contributed by atoms with Crippen molar-refractivity contribution in [1.29, 1.82) is 0 Å². The molecule has 0 fully saturated rings. The summed E-state index contributed by atoms with van der Waals surface area (Å²) in [4.78, 5) is 16.9. The second kappa shape index (κ2) is 7.88. The highest BCUT2D eigenvalue weighted by molar-refractivity contribution is 7.98. The maximum absolute atomic E-state index is 12.6. The fourth-order valence-corrected chi connectivity index (χ4v) is 3.82. The van der Waals surface area contributed by atoms with Crippen LogP contribution in [0.1, 0.15) is 15.9 Å². The maximum atomic E-state index is 12.6. The zero-order valence-electron chi connectivity index (χ0n) is 15.1. The first kappa shape index (κ1) is 17.7. The van der Waals surface area contributed by atoms with Crippen LogP contribution in [0, 0.1) is 5.92 Å². The molecule has 0 radical (unpaired) electrons. The molecular formula is C21H21N3O2S. The van der Waals surface area contributed by atoms with E-state index in [2.05, 4.69) is 16.4 Å². The van der Waals surface area contributed by atoms with Crippen LogP contribution in [0.3, 0.4) is 0 Å². The summed E-state index contributed by atoms with van der Waals surface area (Å²) in [6.45, 7) is 1.22. The normalized spacial score (nSPS) is 15.7. The van der Waals surface area contributed by atoms with E-state index in [9.17, 15) is 4.79 Å². The highest BCUT2D eigenvalue weighted by atomic mass is 32.2. The van der Waals surface area contributed by atoms with Gasteiger partial charge in [-0.2, -0.15) is 0 Å². The van der Waals surface area contributed by atoms with Crippen LogP contribution in [0.5, 0.6) is 5.75 Å². The molecule has 0 saturated heterocycles. The molecule has 1 aromatic heterocycles. The molecule has 4 rings (SSSR count). The van der Waals surface area contributed by atoms with Crippen molar-refractivity contribution in [2.45, 2.75) is 11.6 Å². The van der Waals surface area contributed by atoms with Gasteiger partial charge in [0.15, 0.2) is 5.16 Å². The maximum Gasteiger partial charge on any atom is 0.251 e. The lowest BCUT2D eigenvalue weighted by molar-refractivity contribution is 0.0939. The Hall–Kier alpha value is -2.73. The van der Waals surface area contributed by atoms with Crippen LogP contribution in [0.15, 0.2) is 66.1 Å². The van der Waals surface area contributed by atoms with E-state index in [4.69, 9.17) is 4.74 Å². The van der Waals surface area contributed by atoms with E-state index in [0.717, 1.165) is 23.0 Å². The number of hydrogen-bond donors (Lipinski definition) is 1. The molecular weight excluding hydrogens is 358 g/mol. The van der Waals surface area contributed by atoms with E-state index in [0.29, 0.717) is 18.7 Å². The van der Waals surface area contributed by atoms with Crippen molar-refractivity contribution in [3.63, 3.8) is 0 Å². The van der Waals surface area contributed by atoms with Crippen molar-refractivity contribution >= 4 is 17.7 Å². The Kier molecular flexibility index (Phi) is 5.16. The molecule has 0 saturated carbocycles. The summed E-state index contributed by atoms with van der Waals surface area (Å²) in [5, 5.41) is 3.95. The first-order chi connectivity index (χ1) is 13.2. The molecule has 3 aromatic rings. The highest BCUT2D eigenvalue weighted by Crippen LogP contribution is 2.26. The Morgan fingerprint density at radius 1 is 1.30 bits per heavy atom. The number of ether oxygens (including phenoxy) is 1. The number of thioether (sulfide) groups is 1. The summed E-state index contributed by atoms with van der Waals surface area (Å²) >= 11 is 1.57. The Balaban J connectivity index is 1.41. The topological polar surface area (TPSA) is 56.2 Å². The standard InChI is InChI=1S/C21H21N3O2S/c1-27-21-22-9-10-24(21)18-7-4-6-17(12-18)20(25)23-13-15-11-16-5-2-3-8-19(16)26-14-15/h2-10,12,15H,11,13-14H2,1H3,(H,23,25). The molecule has 138 valence electrons. The van der Waals surface area contributed by atoms with Gasteiger partial charge in [-0.15, -0.1) is 0 Å². The molecule has 27 heavy (non-hydrogen) atoms. The molecule has 1 aliphatic rings. The number of fused-ring (bicyclic) bond motifs is 1. The number of nitrogens with zero attached hydrogens (tertiary/aromatic N) is 2. The third-order valence-electron chi connectivity index (χ3n) is 4.68. The van der Waals surface area contributed by atoms with Gasteiger partial charge in [-0.3, -0.25) is 9.36 Å². The van der Waals surface area contributed by atoms with Crippen molar-refractivity contribution in [3.8, 4) is 11.4 Å². The molecule has 0 bridgehead atoms. The van der Waals surface area contributed by atoms with Crippen LogP contribution in [0.2, 0.25) is 0 Å². The van der Waals surface area contributed by atoms with Crippen LogP contribution in [0.25, 0.3) is 5.69 Å². The number of imidazole rings is 1. The van der Waals surface area contributed by atoms with E-state index in [1.807, 2.05) is 59.5 Å². The van der Waals surface area contributed by atoms with E-state index in [1.165, 1.54) is 5.56 Å². The van der Waals surface area contributed by atoms with Crippen LogP contribution in [-0.4, -0.2) is 34.9 Å². The molecule has 2 aromatic carbocycles. The molecule has 1 N–H and O–H groups in total. The molecule has 0 spiro atoms. The first-order valence-corrected chi connectivity index (χ1v) is 10.1. The zero-order chi connectivity index (χ0) is 18.6. The van der Waals surface area contributed by atoms with Gasteiger partial charge in [0.05, 0.1) is 6.61 Å². The number of para-hydroxylation sites is 1. The quantitative estimate of drug-likeness (QED) is 0.689. The summed E-state index contributed by atoms with van der Waals surface area (Å²) in [7, 11) is 0. The van der Waals surface area contributed by atoms with Gasteiger partial charge < -0.3 is 10.1 Å². The average Bonchev–Trinajstić information content (AvgIpc) is 3.21. The van der Waals surface area contributed by atoms with E-state index in [1.54, 1.807) is 18.0 Å². The number of aromatic nitrogens is 2. The van der Waals surface area contributed by atoms with Crippen molar-refractivity contribution in [2.75, 3.05) is 19.4 Å². The number of carbonyl (C=O) groups excluding carboxylic acids is 1. The number of benzene rings is 2. The molecule has 1 aliphatic heterocycles. The van der Waals surface area contributed by atoms with E-state index >= 15 is 0 Å². The summed E-state index contributed by atoms with van der Waals surface area (Å²) in [6, 6.07) is 15.7. The van der Waals surface area contributed by atoms with E-state index < -0.39 is 0 Å². The van der Waals surface area contributed by atoms with Crippen molar-refractivity contribution in [2.24, 2.45) is 5.92 Å². The molecule has 2 heterocycles. The zero-order valence-corrected chi connectivity index (χ0v) is 15.9. The minimum Gasteiger partial charge on any atom is -0.493 e. The number of amides is 1. The van der Waals surface area contributed by atoms with Crippen molar-refractivity contribution in [1.82, 2.24) is 14.9 Å². The predicted molar refractivity (Wildman–Crippen MR) is 107 cm³/mol. The fraction of sp³-hybridized carbons (Fsp3) is 0.238. The lowest BCUT2D eigenvalue weighted by atomic mass is 9.96. The highest BCUT2D eigenvalue weighted by Gasteiger charge is 2.20. The Labute approximate surface area is 162 Å². The van der Waals surface area contributed by atoms with Gasteiger partial charge in [0.25, 0.3) is 5.91 Å². The summed E-state index contributed by atoms with van der Waals surface area (Å²) in [5.74, 6) is 1.17. The minimum absolute atomic E-state index is 0.0680. The Bertz CT molecular complexity index is 954. The summed E-state index contributed by atoms with van der Waals surface area (Å²) in [6.07, 6.45) is 6.57. The van der Waals surface area contributed by atoms with Crippen LogP contribution >= 0.6 is 11.8 Å². The van der Waals surface area contributed by atoms with Gasteiger partial charge in [-0.1, -0.05) is 36.0 Å². The largest absolute Gasteiger partial charge is 0.493 e. The van der Waals surface area contributed by atoms with Crippen LogP contribution in [-0.2, 0) is 6.42 Å². The molecule has 1 amide bonds. The fourth-order valence-electron chi connectivity index (χ4n) is 3.30. The second-order valence-electron chi connectivity index (χ2n) is 6.53. The summed E-state index contributed by atoms with van der Waals surface area (Å²) < 4.78 is 7.78. The van der Waals surface area contributed by atoms with Crippen LogP contribution < -0.4 is 10.1 Å². The first-order valence-electron chi connectivity index (χ1n) is 8.91. The van der Waals surface area contributed by atoms with Crippen molar-refractivity contribution < 1.29 is 9.53 Å². The number of hydrogen-bond acceptors (Lipinski definition) is 4. The monoisotopic (exact) mass is 379 g/mol. The smallest absolute Gasteiger partial charge is 0.251 e. The van der Waals surface area contributed by atoms with Gasteiger partial charge in [-0.05, 0) is 42.5 Å². The molecule has 0 aliphatic carbocycles. The van der Waals surface area contributed by atoms with Gasteiger partial charge in [0.1, 0.15) is 5.75 Å². The molecule has 1 atom stereocenters. The minimum atomic E-state index is -0.0680. The Morgan fingerprint density at radius 2 is 2.19 bits per heavy atom. The van der Waals surface area contributed by atoms with Crippen molar-refractivity contribution in [3.05, 3.63) is 72.1 Å². The van der Waals surface area contributed by atoms with Crippen LogP contribution in [0.4, 0.5) is 0 Å². The van der Waals surface area contributed by atoms with Gasteiger partial charge in [0.2, 0.25) is 0 Å².